The zero-order chi connectivity index (χ0) is 18.4. The van der Waals surface area contributed by atoms with Crippen molar-refractivity contribution in [1.82, 2.24) is 4.98 Å². The summed E-state index contributed by atoms with van der Waals surface area (Å²) < 4.78 is 40.3. The number of esters is 1. The Morgan fingerprint density at radius 2 is 2.00 bits per heavy atom. The third-order valence-electron chi connectivity index (χ3n) is 3.78. The van der Waals surface area contributed by atoms with Crippen molar-refractivity contribution >= 4 is 5.97 Å². The van der Waals surface area contributed by atoms with Gasteiger partial charge in [-0.25, -0.2) is 13.6 Å². The van der Waals surface area contributed by atoms with Crippen LogP contribution in [0, 0.1) is 0 Å². The number of ether oxygens (including phenoxy) is 2. The van der Waals surface area contributed by atoms with Crippen molar-refractivity contribution in [3.63, 3.8) is 0 Å². The fourth-order valence-electron chi connectivity index (χ4n) is 2.53. The molecule has 1 atom stereocenters. The van der Waals surface area contributed by atoms with Crippen LogP contribution in [0.1, 0.15) is 34.3 Å². The van der Waals surface area contributed by atoms with E-state index in [9.17, 15) is 4.79 Å². The lowest BCUT2D eigenvalue weighted by Crippen LogP contribution is -2.26. The molecule has 0 saturated carbocycles. The minimum absolute atomic E-state index is 0.0854. The van der Waals surface area contributed by atoms with Crippen molar-refractivity contribution in [3.05, 3.63) is 72.1 Å². The highest BCUT2D eigenvalue weighted by Gasteiger charge is 2.43. The normalized spacial score (nSPS) is 12.3. The molecule has 0 radical (unpaired) electrons. The van der Waals surface area contributed by atoms with E-state index in [1.54, 1.807) is 31.2 Å². The topological polar surface area (TPSA) is 48.4 Å². The predicted molar refractivity (Wildman–Crippen MR) is 90.0 cm³/mol. The van der Waals surface area contributed by atoms with E-state index in [0.29, 0.717) is 11.3 Å². The zero-order valence-corrected chi connectivity index (χ0v) is 14.0. The molecule has 2 aromatic rings. The van der Waals surface area contributed by atoms with Crippen LogP contribution in [0.25, 0.3) is 0 Å². The molecule has 0 aliphatic carbocycles. The average molecular weight is 347 g/mol. The van der Waals surface area contributed by atoms with Gasteiger partial charge in [-0.15, -0.1) is 6.58 Å². The number of aromatic nitrogens is 1. The number of rotatable bonds is 7. The minimum atomic E-state index is -3.37. The molecule has 1 heterocycles. The second-order valence-corrected chi connectivity index (χ2v) is 5.25. The number of hydrogen-bond acceptors (Lipinski definition) is 4. The third-order valence-corrected chi connectivity index (χ3v) is 3.78. The number of pyridine rings is 1. The maximum atomic E-state index is 15.2. The van der Waals surface area contributed by atoms with Gasteiger partial charge in [-0.3, -0.25) is 4.98 Å². The van der Waals surface area contributed by atoms with E-state index in [0.717, 1.165) is 18.3 Å². The van der Waals surface area contributed by atoms with E-state index in [4.69, 9.17) is 9.47 Å². The van der Waals surface area contributed by atoms with Gasteiger partial charge in [0, 0.05) is 18.0 Å². The van der Waals surface area contributed by atoms with Gasteiger partial charge in [0.1, 0.15) is 5.75 Å². The van der Waals surface area contributed by atoms with Crippen LogP contribution in [-0.2, 0) is 10.7 Å². The first-order chi connectivity index (χ1) is 12.0. The summed E-state index contributed by atoms with van der Waals surface area (Å²) in [7, 11) is 1.50. The van der Waals surface area contributed by atoms with Gasteiger partial charge in [0.05, 0.1) is 25.2 Å². The van der Waals surface area contributed by atoms with E-state index < -0.39 is 23.4 Å². The van der Waals surface area contributed by atoms with Crippen molar-refractivity contribution in [3.8, 4) is 5.75 Å². The molecule has 0 saturated heterocycles. The molecule has 0 N–H and O–H groups in total. The minimum Gasteiger partial charge on any atom is -0.497 e. The fraction of sp³-hybridized carbons (Fsp3) is 0.263. The van der Waals surface area contributed by atoms with Gasteiger partial charge in [-0.2, -0.15) is 0 Å². The molecule has 0 unspecified atom stereocenters. The highest BCUT2D eigenvalue weighted by atomic mass is 19.3. The van der Waals surface area contributed by atoms with Crippen molar-refractivity contribution in [1.29, 1.82) is 0 Å². The SMILES string of the molecule is C=C[C@@H](c1ccc(OC)cc1)C(F)(F)c1ccncc1C(=O)OCC. The number of halogens is 2. The molecule has 132 valence electrons. The summed E-state index contributed by atoms with van der Waals surface area (Å²) in [5.41, 5.74) is -0.344. The number of nitrogens with zero attached hydrogens (tertiary/aromatic N) is 1. The molecule has 6 heteroatoms. The molecule has 2 rings (SSSR count). The maximum absolute atomic E-state index is 15.2. The third kappa shape index (κ3) is 3.84. The highest BCUT2D eigenvalue weighted by molar-refractivity contribution is 5.91. The summed E-state index contributed by atoms with van der Waals surface area (Å²) in [5, 5.41) is 0. The lowest BCUT2D eigenvalue weighted by Gasteiger charge is -2.26. The van der Waals surface area contributed by atoms with Gasteiger partial charge in [-0.1, -0.05) is 18.2 Å². The van der Waals surface area contributed by atoms with Crippen LogP contribution in [0.15, 0.2) is 55.4 Å². The predicted octanol–water partition coefficient (Wildman–Crippen LogP) is 4.33. The summed E-state index contributed by atoms with van der Waals surface area (Å²) in [5.74, 6) is -4.97. The number of methoxy groups -OCH3 is 1. The van der Waals surface area contributed by atoms with Gasteiger partial charge in [0.25, 0.3) is 5.92 Å². The summed E-state index contributed by atoms with van der Waals surface area (Å²) in [6, 6.07) is 7.42. The van der Waals surface area contributed by atoms with E-state index in [1.807, 2.05) is 0 Å². The number of carbonyl (C=O) groups is 1. The molecule has 0 fully saturated rings. The van der Waals surface area contributed by atoms with Crippen molar-refractivity contribution in [2.75, 3.05) is 13.7 Å². The van der Waals surface area contributed by atoms with Crippen LogP contribution >= 0.6 is 0 Å². The Morgan fingerprint density at radius 1 is 1.32 bits per heavy atom. The summed E-state index contributed by atoms with van der Waals surface area (Å²) in [6.45, 7) is 5.23. The fourth-order valence-corrected chi connectivity index (χ4v) is 2.53. The van der Waals surface area contributed by atoms with Gasteiger partial charge >= 0.3 is 5.97 Å². The molecule has 0 spiro atoms. The van der Waals surface area contributed by atoms with Crippen molar-refractivity contribution in [2.24, 2.45) is 0 Å². The van der Waals surface area contributed by atoms with Gasteiger partial charge < -0.3 is 9.47 Å². The van der Waals surface area contributed by atoms with E-state index in [2.05, 4.69) is 11.6 Å². The average Bonchev–Trinajstić information content (AvgIpc) is 2.63. The second-order valence-electron chi connectivity index (χ2n) is 5.25. The molecule has 1 aromatic carbocycles. The Bertz CT molecular complexity index is 745. The first-order valence-electron chi connectivity index (χ1n) is 7.71. The van der Waals surface area contributed by atoms with E-state index in [-0.39, 0.29) is 12.2 Å². The van der Waals surface area contributed by atoms with Crippen LogP contribution < -0.4 is 4.74 Å². The lowest BCUT2D eigenvalue weighted by atomic mass is 9.86. The first kappa shape index (κ1) is 18.6. The summed E-state index contributed by atoms with van der Waals surface area (Å²) in [4.78, 5) is 15.8. The van der Waals surface area contributed by atoms with E-state index >= 15 is 8.78 Å². The molecule has 0 amide bonds. The zero-order valence-electron chi connectivity index (χ0n) is 14.0. The Balaban J connectivity index is 2.47. The molecule has 1 aromatic heterocycles. The smallest absolute Gasteiger partial charge is 0.340 e. The lowest BCUT2D eigenvalue weighted by molar-refractivity contribution is -0.0212. The Kier molecular flexibility index (Phi) is 5.85. The molecular formula is C19H19F2NO3. The van der Waals surface area contributed by atoms with Gasteiger partial charge in [0.2, 0.25) is 0 Å². The number of carbonyl (C=O) groups excluding carboxylic acids is 1. The summed E-state index contributed by atoms with van der Waals surface area (Å²) in [6.07, 6.45) is 3.48. The Morgan fingerprint density at radius 3 is 2.56 bits per heavy atom. The van der Waals surface area contributed by atoms with Crippen LogP contribution in [-0.4, -0.2) is 24.7 Å². The van der Waals surface area contributed by atoms with Crippen molar-refractivity contribution in [2.45, 2.75) is 18.8 Å². The number of hydrogen-bond donors (Lipinski definition) is 0. The van der Waals surface area contributed by atoms with Crippen LogP contribution in [0.5, 0.6) is 5.75 Å². The standard InChI is InChI=1S/C19H19F2NO3/c1-4-16(13-6-8-14(24-3)9-7-13)19(20,21)17-10-11-22-12-15(17)18(23)25-5-2/h4,6-12,16H,1,5H2,2-3H3/t16-/m0/s1. The molecule has 0 aliphatic heterocycles. The quantitative estimate of drug-likeness (QED) is 0.553. The molecule has 4 nitrogen and oxygen atoms in total. The van der Waals surface area contributed by atoms with Crippen LogP contribution in [0.3, 0.4) is 0 Å². The molecule has 25 heavy (non-hydrogen) atoms. The molecular weight excluding hydrogens is 328 g/mol. The maximum Gasteiger partial charge on any atom is 0.340 e. The molecule has 0 bridgehead atoms. The number of alkyl halides is 2. The first-order valence-corrected chi connectivity index (χ1v) is 7.71. The van der Waals surface area contributed by atoms with Gasteiger partial charge in [0.15, 0.2) is 0 Å². The Hall–Kier alpha value is -2.76. The largest absolute Gasteiger partial charge is 0.497 e. The Labute approximate surface area is 145 Å². The highest BCUT2D eigenvalue weighted by Crippen LogP contribution is 2.44. The second kappa shape index (κ2) is 7.88. The van der Waals surface area contributed by atoms with Crippen LogP contribution in [0.2, 0.25) is 0 Å². The van der Waals surface area contributed by atoms with E-state index in [1.165, 1.54) is 13.3 Å². The van der Waals surface area contributed by atoms with Crippen LogP contribution in [0.4, 0.5) is 8.78 Å². The number of benzene rings is 1. The molecule has 0 aliphatic rings. The van der Waals surface area contributed by atoms with Gasteiger partial charge in [-0.05, 0) is 30.7 Å². The van der Waals surface area contributed by atoms with Crippen molar-refractivity contribution < 1.29 is 23.0 Å². The number of allylic oxidation sites excluding steroid dienone is 1. The summed E-state index contributed by atoms with van der Waals surface area (Å²) >= 11 is 0. The monoisotopic (exact) mass is 347 g/mol.